The molecule has 1 N–H and O–H groups in total. The number of allylic oxidation sites excluding steroid dienone is 22. The number of carbonyl (C=O) groups excluding carboxylic acids is 2. The predicted molar refractivity (Wildman–Crippen MR) is 447 cm³/mol. The Bertz CT molecular complexity index is 2170. The molecule has 0 spiro atoms. The van der Waals surface area contributed by atoms with E-state index in [0.29, 0.717) is 17.4 Å². The first kappa shape index (κ1) is 98.4. The maximum Gasteiger partial charge on any atom is 0.361 e. The molecule has 0 saturated carbocycles. The Morgan fingerprint density at radius 3 is 0.777 bits per heavy atom. The third-order valence-corrected chi connectivity index (χ3v) is 18.9. The molecule has 0 rings (SSSR count). The van der Waals surface area contributed by atoms with Gasteiger partial charge in [-0.3, -0.25) is 9.59 Å². The van der Waals surface area contributed by atoms with Gasteiger partial charge in [-0.15, -0.1) is 0 Å². The van der Waals surface area contributed by atoms with Gasteiger partial charge >= 0.3 is 17.9 Å². The first-order chi connectivity index (χ1) is 50.6. The quantitative estimate of drug-likeness (QED) is 0.0211. The molecule has 103 heavy (non-hydrogen) atoms. The fourth-order valence-corrected chi connectivity index (χ4v) is 12.4. The number of ether oxygens (including phenoxy) is 4. The van der Waals surface area contributed by atoms with E-state index >= 15 is 0 Å². The molecule has 0 bridgehead atoms. The van der Waals surface area contributed by atoms with Crippen molar-refractivity contribution in [1.29, 1.82) is 0 Å². The fraction of sp³-hybridized carbons (Fsp3) is 0.734. The van der Waals surface area contributed by atoms with Crippen LogP contribution in [0.1, 0.15) is 386 Å². The molecule has 0 aromatic carbocycles. The molecule has 0 radical (unpaired) electrons. The molecule has 592 valence electrons. The first-order valence-corrected chi connectivity index (χ1v) is 43.3. The average molecular weight is 1440 g/mol. The highest BCUT2D eigenvalue weighted by Crippen LogP contribution is 2.20. The van der Waals surface area contributed by atoms with Gasteiger partial charge in [-0.05, 0) is 109 Å². The molecule has 9 nitrogen and oxygen atoms in total. The Morgan fingerprint density at radius 2 is 0.524 bits per heavy atom. The maximum absolute atomic E-state index is 13.0. The van der Waals surface area contributed by atoms with Crippen molar-refractivity contribution in [1.82, 2.24) is 0 Å². The van der Waals surface area contributed by atoms with E-state index in [-0.39, 0.29) is 38.2 Å². The number of nitrogens with zero attached hydrogens (tertiary/aromatic N) is 1. The number of carboxylic acids is 1. The summed E-state index contributed by atoms with van der Waals surface area (Å²) in [6.07, 6.45) is 118. The first-order valence-electron chi connectivity index (χ1n) is 43.3. The zero-order valence-corrected chi connectivity index (χ0v) is 67.9. The largest absolute Gasteiger partial charge is 0.477 e. The van der Waals surface area contributed by atoms with Crippen molar-refractivity contribution in [2.75, 3.05) is 47.5 Å². The second kappa shape index (κ2) is 83.1. The van der Waals surface area contributed by atoms with E-state index in [2.05, 4.69) is 148 Å². The Balaban J connectivity index is 3.95. The van der Waals surface area contributed by atoms with Crippen LogP contribution >= 0.6 is 0 Å². The van der Waals surface area contributed by atoms with E-state index in [9.17, 15) is 19.5 Å². The molecule has 0 amide bonds. The molecule has 0 aromatic rings. The summed E-state index contributed by atoms with van der Waals surface area (Å²) in [5.74, 6) is -1.98. The number of aliphatic carboxylic acids is 1. The van der Waals surface area contributed by atoms with Gasteiger partial charge in [0, 0.05) is 12.8 Å². The van der Waals surface area contributed by atoms with Crippen molar-refractivity contribution >= 4 is 17.9 Å². The second-order valence-electron chi connectivity index (χ2n) is 30.1. The van der Waals surface area contributed by atoms with Crippen LogP contribution in [0.25, 0.3) is 0 Å². The summed E-state index contributed by atoms with van der Waals surface area (Å²) in [5, 5.41) is 9.79. The van der Waals surface area contributed by atoms with Crippen molar-refractivity contribution in [2.45, 2.75) is 399 Å². The van der Waals surface area contributed by atoms with Gasteiger partial charge in [0.25, 0.3) is 6.29 Å². The van der Waals surface area contributed by atoms with E-state index < -0.39 is 18.4 Å². The zero-order chi connectivity index (χ0) is 74.6. The summed E-state index contributed by atoms with van der Waals surface area (Å²) < 4.78 is 23.1. The van der Waals surface area contributed by atoms with Crippen LogP contribution in [0.4, 0.5) is 0 Å². The minimum atomic E-state index is -1.51. The SMILES string of the molecule is CC/C=C\C/C=C\C/C=C\C/C=C\C/C=C\C/C=C\CCCCCCCCCCCCCCCCCCCCCCC(=O)OC(COC(=O)CCCCCCCCCCCCCCCCCCCCCCCCC/C=C\C/C=C\C/C=C\C/C=C\C/C=C\CC)COC(OCC[N+](C)(C)C)C(=O)O. The molecule has 2 atom stereocenters. The van der Waals surface area contributed by atoms with Crippen LogP contribution in [-0.4, -0.2) is 87.4 Å². The standard InChI is InChI=1S/C94H163NO8/c1-6-8-10-12-14-16-18-20-22-24-26-28-30-32-34-36-38-40-42-44-46-48-50-52-54-56-58-60-62-64-66-68-70-72-74-76-78-80-82-84-91(96)101-88-90(89-102-94(93(98)99)100-87-86-95(3,4)5)103-92(97)85-83-81-79-77-75-73-71-69-67-65-63-61-59-57-55-53-51-49-47-45-43-41-39-37-35-33-31-29-27-25-23-21-19-17-15-13-11-9-7-2/h8-11,14-17,20-23,26-29,32-35,39,41,90,94H,6-7,12-13,18-19,24-25,30-31,36-38,40,42-89H2,1-5H3/p+1/b10-8-,11-9-,16-14-,17-15-,22-20-,23-21-,28-26-,29-27-,34-32-,35-33-,41-39-. The van der Waals surface area contributed by atoms with Crippen LogP contribution in [0, 0.1) is 0 Å². The Labute approximate surface area is 637 Å². The van der Waals surface area contributed by atoms with Crippen LogP contribution < -0.4 is 0 Å². The van der Waals surface area contributed by atoms with E-state index in [1.54, 1.807) is 0 Å². The summed E-state index contributed by atoms with van der Waals surface area (Å²) in [4.78, 5) is 37.8. The van der Waals surface area contributed by atoms with Crippen LogP contribution in [-0.2, 0) is 33.3 Å². The normalized spacial score (nSPS) is 13.3. The minimum Gasteiger partial charge on any atom is -0.477 e. The number of likely N-dealkylation sites (N-methyl/N-ethyl adjacent to an activating group) is 1. The minimum absolute atomic E-state index is 0.181. The Hall–Kier alpha value is -4.57. The van der Waals surface area contributed by atoms with Gasteiger partial charge in [0.2, 0.25) is 0 Å². The lowest BCUT2D eigenvalue weighted by atomic mass is 10.0. The molecule has 0 aromatic heterocycles. The lowest BCUT2D eigenvalue weighted by molar-refractivity contribution is -0.870. The van der Waals surface area contributed by atoms with Crippen LogP contribution in [0.2, 0.25) is 0 Å². The predicted octanol–water partition coefficient (Wildman–Crippen LogP) is 28.4. The van der Waals surface area contributed by atoms with Gasteiger partial charge in [0.15, 0.2) is 6.10 Å². The number of unbranched alkanes of at least 4 members (excludes halogenated alkanes) is 43. The van der Waals surface area contributed by atoms with Crippen LogP contribution in [0.15, 0.2) is 134 Å². The Kier molecular flexibility index (Phi) is 79.4. The summed E-state index contributed by atoms with van der Waals surface area (Å²) in [7, 11) is 6.00. The second-order valence-corrected chi connectivity index (χ2v) is 30.1. The molecule has 0 aliphatic rings. The molecule has 2 unspecified atom stereocenters. The van der Waals surface area contributed by atoms with Gasteiger partial charge in [-0.1, -0.05) is 398 Å². The van der Waals surface area contributed by atoms with E-state index in [0.717, 1.165) is 109 Å². The number of hydrogen-bond donors (Lipinski definition) is 1. The lowest BCUT2D eigenvalue weighted by Gasteiger charge is -2.25. The van der Waals surface area contributed by atoms with Crippen molar-refractivity contribution < 1.29 is 42.9 Å². The number of quaternary nitrogens is 1. The third kappa shape index (κ3) is 84.6. The molecule has 0 fully saturated rings. The molecule has 0 saturated heterocycles. The van der Waals surface area contributed by atoms with Crippen LogP contribution in [0.5, 0.6) is 0 Å². The molecule has 0 aliphatic carbocycles. The van der Waals surface area contributed by atoms with Gasteiger partial charge < -0.3 is 28.5 Å². The molecular formula is C94H164NO8+. The molecule has 0 heterocycles. The maximum atomic E-state index is 13.0. The van der Waals surface area contributed by atoms with E-state index in [4.69, 9.17) is 18.9 Å². The summed E-state index contributed by atoms with van der Waals surface area (Å²) in [5.41, 5.74) is 0. The number of carbonyl (C=O) groups is 3. The number of hydrogen-bond acceptors (Lipinski definition) is 7. The van der Waals surface area contributed by atoms with E-state index in [1.165, 1.54) is 250 Å². The number of rotatable bonds is 80. The fourth-order valence-electron chi connectivity index (χ4n) is 12.4. The summed E-state index contributed by atoms with van der Waals surface area (Å²) >= 11 is 0. The molecule has 0 aliphatic heterocycles. The van der Waals surface area contributed by atoms with Crippen molar-refractivity contribution in [3.8, 4) is 0 Å². The van der Waals surface area contributed by atoms with Crippen molar-refractivity contribution in [3.63, 3.8) is 0 Å². The monoisotopic (exact) mass is 1440 g/mol. The van der Waals surface area contributed by atoms with Gasteiger partial charge in [-0.25, -0.2) is 4.79 Å². The van der Waals surface area contributed by atoms with Crippen LogP contribution in [0.3, 0.4) is 0 Å². The number of carboxylic acid groups (broad SMARTS) is 1. The lowest BCUT2D eigenvalue weighted by Crippen LogP contribution is -2.40. The highest BCUT2D eigenvalue weighted by molar-refractivity contribution is 5.71. The number of esters is 2. The smallest absolute Gasteiger partial charge is 0.361 e. The highest BCUT2D eigenvalue weighted by Gasteiger charge is 2.25. The summed E-state index contributed by atoms with van der Waals surface area (Å²) in [6.45, 7) is 4.70. The highest BCUT2D eigenvalue weighted by atomic mass is 16.7. The molecular weight excluding hydrogens is 1270 g/mol. The summed E-state index contributed by atoms with van der Waals surface area (Å²) in [6, 6.07) is 0. The average Bonchev–Trinajstić information content (AvgIpc) is 0.985. The zero-order valence-electron chi connectivity index (χ0n) is 67.9. The third-order valence-electron chi connectivity index (χ3n) is 18.9. The topological polar surface area (TPSA) is 108 Å². The van der Waals surface area contributed by atoms with Gasteiger partial charge in [0.1, 0.15) is 13.2 Å². The van der Waals surface area contributed by atoms with Gasteiger partial charge in [0.05, 0.1) is 34.4 Å². The van der Waals surface area contributed by atoms with E-state index in [1.807, 2.05) is 21.1 Å². The molecule has 9 heteroatoms. The van der Waals surface area contributed by atoms with Gasteiger partial charge in [-0.2, -0.15) is 0 Å². The van der Waals surface area contributed by atoms with Crippen molar-refractivity contribution in [2.24, 2.45) is 0 Å². The van der Waals surface area contributed by atoms with Crippen molar-refractivity contribution in [3.05, 3.63) is 134 Å². The Morgan fingerprint density at radius 1 is 0.291 bits per heavy atom.